The second-order valence-electron chi connectivity index (χ2n) is 34.3. The summed E-state index contributed by atoms with van der Waals surface area (Å²) < 4.78 is 243. The Kier molecular flexibility index (Phi) is 34.8. The zero-order valence-corrected chi connectivity index (χ0v) is 80.1. The van der Waals surface area contributed by atoms with Gasteiger partial charge in [0.05, 0.1) is 93.5 Å². The molecule has 141 heavy (non-hydrogen) atoms. The van der Waals surface area contributed by atoms with Crippen molar-refractivity contribution in [2.75, 3.05) is 33.0 Å². The van der Waals surface area contributed by atoms with Crippen LogP contribution < -0.4 is 56.2 Å². The fraction of sp³-hybridized carbons (Fsp3) is 0.662. The zero-order valence-electron chi connectivity index (χ0n) is 75.6. The van der Waals surface area contributed by atoms with Gasteiger partial charge in [-0.1, -0.05) is 26.7 Å². The molecule has 0 spiro atoms. The highest BCUT2D eigenvalue weighted by Crippen LogP contribution is 2.57. The number of carbonyl (C=O) groups is 5. The largest absolute Gasteiger partial charge is 0.510 e. The van der Waals surface area contributed by atoms with Crippen molar-refractivity contribution >= 4 is 69.3 Å². The summed E-state index contributed by atoms with van der Waals surface area (Å²) in [6.07, 6.45) is -11.8. The molecule has 0 aromatic carbocycles. The summed E-state index contributed by atoms with van der Waals surface area (Å²) >= 11 is 0. The van der Waals surface area contributed by atoms with Gasteiger partial charge in [0.1, 0.15) is 92.2 Å². The second kappa shape index (κ2) is 44.5. The van der Waals surface area contributed by atoms with Crippen molar-refractivity contribution in [1.82, 2.24) is 45.7 Å². The van der Waals surface area contributed by atoms with Crippen LogP contribution in [0.25, 0.3) is 0 Å². The Balaban J connectivity index is 0.000000158. The maximum atomic E-state index is 14.2. The quantitative estimate of drug-likeness (QED) is 0.0343. The standard InChI is InChI=1S/C16H20FN2O9P.C15H20FN2O10P.C15H20FN2O9P.C14H18FN2O10P.C14H18FN2O9P/c17-10-6-18(13-5-11-12(27-13)7-26-29(23,24)28-11)16(22)19(14(10)20)8-25-15(21)9-3-1-2-4-9;1-7(2)25-15(21)26-8(3)18-13(19)9(16)5-17(14(18)20)12-4-10-11(27-12)6-24-29(22,23)28-10;1-15(2,3)13(20)24-7-18-12(19)8(16)5-17(14(18)21)11-4-9-10(26-11)6-25-28(22,23)27-9;1-7(2)25-14(20)23-6-17-12(18)8(15)4-16(13(17)19)11-3-9-10(26-11)5-24-28(21,22)27-9;1-7(2)13(19)23-6-17-12(18)8(15)4-16(14(17)20)11-3-9-10(25-11)5-24-27(21,22)26-9/h6,9,11-13H,1-5,7-8H2,(H,23,24);5,7-8,10-12H,4,6H2,1-3H3,(H,22,23);5,9-11H,4,6-7H2,1-3H3,(H,22,23);4,7,9-11H,3,5-6H2,1-2H3,(H,21,22);4,7,9-11H,3,5-6H2,1-2H3,(H,21,22)/t11-,12+,13+;8?,10-,11+,12+;3*9-,10+,11+/m00000/s1. The first-order valence-corrected chi connectivity index (χ1v) is 50.1. The van der Waals surface area contributed by atoms with Gasteiger partial charge in [0.25, 0.3) is 27.8 Å². The summed E-state index contributed by atoms with van der Waals surface area (Å²) in [5.41, 5.74) is -12.1. The van der Waals surface area contributed by atoms with Crippen LogP contribution in [-0.2, 0) is 166 Å². The van der Waals surface area contributed by atoms with Crippen LogP contribution in [-0.4, -0.2) is 207 Å². The average Bonchev–Trinajstić information content (AvgIpc) is 1.65. The van der Waals surface area contributed by atoms with Crippen LogP contribution in [0, 0.1) is 46.3 Å². The predicted molar refractivity (Wildman–Crippen MR) is 445 cm³/mol. The third-order valence-corrected chi connectivity index (χ3v) is 27.0. The topological polar surface area (TPSA) is 695 Å². The highest BCUT2D eigenvalue weighted by molar-refractivity contribution is 7.48. The van der Waals surface area contributed by atoms with Crippen LogP contribution in [0.1, 0.15) is 164 Å². The van der Waals surface area contributed by atoms with Gasteiger partial charge in [-0.15, -0.1) is 0 Å². The minimum Gasteiger partial charge on any atom is -0.443 e. The molecule has 5 N–H and O–H groups in total. The molecule has 15 heterocycles. The van der Waals surface area contributed by atoms with Crippen molar-refractivity contribution in [3.63, 3.8) is 0 Å². The number of fused-ring (bicyclic) bond motifs is 5. The van der Waals surface area contributed by atoms with Crippen molar-refractivity contribution in [1.29, 1.82) is 0 Å². The summed E-state index contributed by atoms with van der Waals surface area (Å²) in [6.45, 7) is 11.0. The molecular weight excluding hydrogens is 2030 g/mol. The first kappa shape index (κ1) is 110. The van der Waals surface area contributed by atoms with E-state index in [0.29, 0.717) is 66.7 Å². The maximum absolute atomic E-state index is 14.2. The number of esters is 3. The molecule has 11 aliphatic rings. The van der Waals surface area contributed by atoms with Crippen LogP contribution in [0.2, 0.25) is 0 Å². The summed E-state index contributed by atoms with van der Waals surface area (Å²) in [5.74, 6) is -8.97. The first-order chi connectivity index (χ1) is 65.8. The van der Waals surface area contributed by atoms with E-state index in [2.05, 4.69) is 27.4 Å². The van der Waals surface area contributed by atoms with Gasteiger partial charge < -0.3 is 81.3 Å². The monoisotopic (exact) mass is 2130 g/mol. The summed E-state index contributed by atoms with van der Waals surface area (Å²) in [6, 6.07) is 0. The van der Waals surface area contributed by atoms with E-state index in [1.54, 1.807) is 62.3 Å². The van der Waals surface area contributed by atoms with Gasteiger partial charge >= 0.3 is 97.8 Å². The van der Waals surface area contributed by atoms with Crippen molar-refractivity contribution in [3.05, 3.63) is 164 Å². The van der Waals surface area contributed by atoms with Crippen molar-refractivity contribution in [2.45, 2.75) is 265 Å². The highest BCUT2D eigenvalue weighted by Gasteiger charge is 2.53. The minimum absolute atomic E-state index is 0.0298. The molecule has 1 saturated carbocycles. The lowest BCUT2D eigenvalue weighted by atomic mass is 9.98. The van der Waals surface area contributed by atoms with Crippen LogP contribution in [0.3, 0.4) is 0 Å². The van der Waals surface area contributed by atoms with Crippen molar-refractivity contribution < 1.29 is 195 Å². The van der Waals surface area contributed by atoms with E-state index in [1.807, 2.05) is 0 Å². The fourth-order valence-corrected chi connectivity index (χ4v) is 19.8. The Morgan fingerprint density at radius 3 is 0.915 bits per heavy atom. The molecule has 5 aromatic rings. The van der Waals surface area contributed by atoms with Crippen LogP contribution in [0.15, 0.2) is 78.9 Å². The Morgan fingerprint density at radius 1 is 0.369 bits per heavy atom. The molecule has 16 rings (SSSR count). The molecule has 0 amide bonds. The summed E-state index contributed by atoms with van der Waals surface area (Å²) in [5, 5.41) is 0. The average molecular weight is 2130 g/mol. The van der Waals surface area contributed by atoms with E-state index in [-0.39, 0.29) is 71.1 Å². The molecule has 0 radical (unpaired) electrons. The van der Waals surface area contributed by atoms with E-state index in [4.69, 9.17) is 74.7 Å². The molecular formula is C74H96F5N10O47P5. The van der Waals surface area contributed by atoms with Gasteiger partial charge in [-0.05, 0) is 68.2 Å². The van der Waals surface area contributed by atoms with E-state index in [9.17, 15) is 141 Å². The van der Waals surface area contributed by atoms with Crippen molar-refractivity contribution in [3.8, 4) is 0 Å². The number of nitrogens with zero attached hydrogens (tertiary/aromatic N) is 10. The lowest BCUT2D eigenvalue weighted by Crippen LogP contribution is -2.45. The second-order valence-corrected chi connectivity index (χ2v) is 41.3. The zero-order chi connectivity index (χ0) is 104. The van der Waals surface area contributed by atoms with E-state index >= 15 is 0 Å². The highest BCUT2D eigenvalue weighted by atomic mass is 31.2. The number of ether oxygens (including phenoxy) is 12. The van der Waals surface area contributed by atoms with Crippen LogP contribution in [0.5, 0.6) is 0 Å². The number of rotatable bonds is 19. The smallest absolute Gasteiger partial charge is 0.443 e. The number of carbonyl (C=O) groups excluding carboxylic acids is 5. The lowest BCUT2D eigenvalue weighted by molar-refractivity contribution is -0.157. The van der Waals surface area contributed by atoms with Gasteiger partial charge in [-0.25, -0.2) is 79.2 Å². The molecule has 21 atom stereocenters. The van der Waals surface area contributed by atoms with Crippen molar-refractivity contribution in [2.24, 2.45) is 17.3 Å². The number of aromatic nitrogens is 10. The van der Waals surface area contributed by atoms with Gasteiger partial charge in [0, 0.05) is 32.1 Å². The molecule has 57 nitrogen and oxygen atoms in total. The molecule has 5 aromatic heterocycles. The fourth-order valence-electron chi connectivity index (χ4n) is 15.0. The molecule has 11 fully saturated rings. The van der Waals surface area contributed by atoms with Gasteiger partial charge in [0.2, 0.25) is 29.1 Å². The molecule has 0 bridgehead atoms. The van der Waals surface area contributed by atoms with Gasteiger partial charge in [-0.2, -0.15) is 22.0 Å². The summed E-state index contributed by atoms with van der Waals surface area (Å²) in [7, 11) is -21.0. The number of phosphoric acid groups is 5. The van der Waals surface area contributed by atoms with E-state index < -0.39 is 304 Å². The summed E-state index contributed by atoms with van der Waals surface area (Å²) in [4.78, 5) is 229. The normalized spacial score (nSPS) is 30.5. The van der Waals surface area contributed by atoms with Crippen LogP contribution in [0.4, 0.5) is 31.5 Å². The molecule has 67 heteroatoms. The number of hydrogen-bond acceptors (Lipinski definition) is 42. The minimum atomic E-state index is -4.22. The number of hydrogen-bond donors (Lipinski definition) is 5. The molecule has 10 aliphatic heterocycles. The van der Waals surface area contributed by atoms with Gasteiger partial charge in [0.15, 0.2) is 33.2 Å². The van der Waals surface area contributed by atoms with E-state index in [1.165, 1.54) is 6.92 Å². The third-order valence-electron chi connectivity index (χ3n) is 21.9. The SMILES string of the molecule is CC(C)(C)C(=O)OCn1c(=O)c(F)cn([C@H]2C[C@@H]3OP(=O)(O)OC[C@H]3O2)c1=O.CC(C)C(=O)OCn1c(=O)c(F)cn([C@H]2C[C@@H]3OP(=O)(O)OC[C@H]3O2)c1=O.CC(C)OC(=O)OC(C)n1c(=O)c(F)cn([C@H]2C[C@@H]3OP(=O)(O)OC[C@H]3O2)c1=O.CC(C)OC(=O)OCn1c(=O)c(F)cn([C@H]2C[C@@H]3OP(=O)(O)OC[C@H]3O2)c1=O.O=C(OCn1c(=O)c(F)cn([C@H]2C[C@@H]3OP(=O)(O)OC[C@H]3O2)c1=O)C1CCCC1. The lowest BCUT2D eigenvalue weighted by Gasteiger charge is -2.26. The van der Waals surface area contributed by atoms with Gasteiger partial charge in [-0.3, -0.25) is 106 Å². The Bertz CT molecular complexity index is 6480. The molecule has 6 unspecified atom stereocenters. The third kappa shape index (κ3) is 26.9. The predicted octanol–water partition coefficient (Wildman–Crippen LogP) is 2.76. The first-order valence-electron chi connectivity index (χ1n) is 42.6. The molecule has 1 aliphatic carbocycles. The molecule has 784 valence electrons. The maximum Gasteiger partial charge on any atom is 0.510 e. The number of phosphoric ester groups is 5. The Hall–Kier alpha value is -9.65. The Morgan fingerprint density at radius 2 is 0.631 bits per heavy atom. The van der Waals surface area contributed by atoms with Crippen LogP contribution >= 0.6 is 39.1 Å². The Labute approximate surface area is 786 Å². The van der Waals surface area contributed by atoms with E-state index in [0.717, 1.165) is 35.7 Å². The number of halogens is 5. The molecule has 10 saturated heterocycles.